The summed E-state index contributed by atoms with van der Waals surface area (Å²) in [6, 6.07) is 7.47. The number of rotatable bonds is 9. The normalized spacial score (nSPS) is 19.7. The van der Waals surface area contributed by atoms with Crippen LogP contribution in [0.5, 0.6) is 0 Å². The lowest BCUT2D eigenvalue weighted by atomic mass is 10.2. The first-order valence-electron chi connectivity index (χ1n) is 12.9. The number of halogens is 4. The van der Waals surface area contributed by atoms with Gasteiger partial charge in [-0.2, -0.15) is 0 Å². The van der Waals surface area contributed by atoms with E-state index in [-0.39, 0.29) is 12.6 Å². The molecule has 0 saturated heterocycles. The van der Waals surface area contributed by atoms with Gasteiger partial charge < -0.3 is 19.3 Å². The van der Waals surface area contributed by atoms with Crippen molar-refractivity contribution in [3.05, 3.63) is 68.4 Å². The lowest BCUT2D eigenvalue weighted by molar-refractivity contribution is -0.843. The van der Waals surface area contributed by atoms with Crippen molar-refractivity contribution in [2.24, 2.45) is 0 Å². The van der Waals surface area contributed by atoms with Crippen LogP contribution in [-0.2, 0) is 10.1 Å². The van der Waals surface area contributed by atoms with E-state index in [0.717, 1.165) is 53.1 Å². The first-order chi connectivity index (χ1) is 18.4. The van der Waals surface area contributed by atoms with Gasteiger partial charge in [-0.15, -0.1) is 0 Å². The molecule has 0 spiro atoms. The maximum absolute atomic E-state index is 11.6. The molecule has 0 saturated carbocycles. The molecular weight excluding hydrogens is 602 g/mol. The number of fused-ring (bicyclic) bond motifs is 2. The molecular formula is C27H32Cl4N4O3S. The van der Waals surface area contributed by atoms with Crippen LogP contribution in [-0.4, -0.2) is 50.6 Å². The highest BCUT2D eigenvalue weighted by Crippen LogP contribution is 2.45. The van der Waals surface area contributed by atoms with Crippen molar-refractivity contribution in [3.63, 3.8) is 0 Å². The molecule has 2 aliphatic heterocycles. The quantitative estimate of drug-likeness (QED) is 0.338. The van der Waals surface area contributed by atoms with Gasteiger partial charge in [0.1, 0.15) is 11.5 Å². The van der Waals surface area contributed by atoms with Crippen LogP contribution in [0.15, 0.2) is 48.3 Å². The third kappa shape index (κ3) is 5.89. The van der Waals surface area contributed by atoms with Crippen molar-refractivity contribution in [1.82, 2.24) is 0 Å². The van der Waals surface area contributed by atoms with E-state index < -0.39 is 15.4 Å². The summed E-state index contributed by atoms with van der Waals surface area (Å²) in [6.07, 6.45) is 6.21. The molecule has 0 fully saturated rings. The van der Waals surface area contributed by atoms with Gasteiger partial charge in [-0.25, -0.2) is 8.42 Å². The van der Waals surface area contributed by atoms with E-state index in [1.165, 1.54) is 6.92 Å². The maximum atomic E-state index is 11.6. The monoisotopic (exact) mass is 632 g/mol. The van der Waals surface area contributed by atoms with E-state index in [4.69, 9.17) is 46.4 Å². The number of hydrogen-bond acceptors (Lipinski definition) is 6. The van der Waals surface area contributed by atoms with Gasteiger partial charge >= 0.3 is 0 Å². The Morgan fingerprint density at radius 1 is 0.923 bits per heavy atom. The van der Waals surface area contributed by atoms with Crippen LogP contribution in [0.2, 0.25) is 20.1 Å². The molecule has 0 aliphatic carbocycles. The van der Waals surface area contributed by atoms with E-state index in [9.17, 15) is 13.0 Å². The largest absolute Gasteiger partial charge is 0.748 e. The van der Waals surface area contributed by atoms with E-state index >= 15 is 0 Å². The van der Waals surface area contributed by atoms with Crippen LogP contribution in [0.4, 0.5) is 22.7 Å². The van der Waals surface area contributed by atoms with Crippen LogP contribution in [0, 0.1) is 0 Å². The second kappa shape index (κ2) is 12.1. The molecule has 0 aromatic heterocycles. The smallest absolute Gasteiger partial charge is 0.187 e. The average molecular weight is 634 g/mol. The molecule has 2 aliphatic rings. The van der Waals surface area contributed by atoms with Crippen molar-refractivity contribution in [2.75, 3.05) is 40.9 Å². The van der Waals surface area contributed by atoms with Crippen LogP contribution in [0.25, 0.3) is 0 Å². The molecule has 2 aromatic carbocycles. The summed E-state index contributed by atoms with van der Waals surface area (Å²) >= 11 is 25.4. The van der Waals surface area contributed by atoms with Crippen LogP contribution in [0.1, 0.15) is 34.1 Å². The minimum Gasteiger partial charge on any atom is -0.748 e. The number of nitrogens with one attached hydrogen (secondary N) is 1. The number of likely N-dealkylation sites (N-methyl/N-ethyl adjacent to an activating group) is 1. The third-order valence-electron chi connectivity index (χ3n) is 7.36. The lowest BCUT2D eigenvalue weighted by Crippen LogP contribution is -3.10. The second-order valence-corrected chi connectivity index (χ2v) is 13.0. The molecule has 3 unspecified atom stereocenters. The fourth-order valence-electron chi connectivity index (χ4n) is 5.32. The zero-order valence-corrected chi connectivity index (χ0v) is 26.1. The molecule has 4 rings (SSSR count). The minimum atomic E-state index is -4.39. The average Bonchev–Trinajstić information content (AvgIpc) is 3.32. The Kier molecular flexibility index (Phi) is 9.38. The Morgan fingerprint density at radius 3 is 1.92 bits per heavy atom. The Bertz CT molecular complexity index is 1380. The number of hydrogen-bond donors (Lipinski definition) is 1. The molecule has 0 amide bonds. The minimum absolute atomic E-state index is 0.157. The zero-order valence-electron chi connectivity index (χ0n) is 22.2. The highest BCUT2D eigenvalue weighted by atomic mass is 35.5. The number of nitrogens with zero attached hydrogens (tertiary/aromatic N) is 3. The van der Waals surface area contributed by atoms with Crippen molar-refractivity contribution in [2.45, 2.75) is 45.5 Å². The van der Waals surface area contributed by atoms with Gasteiger partial charge in [-0.05, 0) is 64.5 Å². The molecule has 0 radical (unpaired) electrons. The number of benzene rings is 2. The third-order valence-corrected chi connectivity index (χ3v) is 10.0. The molecule has 2 aromatic rings. The van der Waals surface area contributed by atoms with Crippen LogP contribution >= 0.6 is 46.4 Å². The van der Waals surface area contributed by atoms with Crippen molar-refractivity contribution in [3.8, 4) is 0 Å². The predicted octanol–water partition coefficient (Wildman–Crippen LogP) is 6.07. The summed E-state index contributed by atoms with van der Waals surface area (Å²) in [7, 11) is -4.39. The summed E-state index contributed by atoms with van der Waals surface area (Å²) in [5.41, 5.74) is 3.86. The van der Waals surface area contributed by atoms with Gasteiger partial charge in [0.2, 0.25) is 0 Å². The van der Waals surface area contributed by atoms with Gasteiger partial charge in [0.25, 0.3) is 0 Å². The van der Waals surface area contributed by atoms with Crippen LogP contribution < -0.4 is 19.6 Å². The van der Waals surface area contributed by atoms with Gasteiger partial charge in [0, 0.05) is 31.0 Å². The molecule has 1 N–H and O–H groups in total. The highest BCUT2D eigenvalue weighted by Gasteiger charge is 2.39. The molecule has 212 valence electrons. The number of quaternary nitrogens is 1. The van der Waals surface area contributed by atoms with Gasteiger partial charge in [-0.1, -0.05) is 52.5 Å². The van der Waals surface area contributed by atoms with Gasteiger partial charge in [-0.3, -0.25) is 4.90 Å². The summed E-state index contributed by atoms with van der Waals surface area (Å²) in [5, 5.41) is 0.893. The molecule has 0 bridgehead atoms. The number of anilines is 3. The van der Waals surface area contributed by atoms with E-state index in [2.05, 4.69) is 47.6 Å². The molecule has 3 atom stereocenters. The Balaban J connectivity index is 1.71. The van der Waals surface area contributed by atoms with Crippen LogP contribution in [0.3, 0.4) is 0 Å². The standard InChI is InChI=1S/C27H32Cl4N4O3S/c1-5-32-22-13-18(28)19(29)14-23(22)33(6-2)26(32)9-8-10-27-34(7-3)24-15-20(30)21(31)16-25(24)35(27)12-11-17(4)39(36,37)38/h8-10,13-17,27H,5-7,11-12H2,1-4H3,(H,36,37,38). The number of allylic oxidation sites excluding steroid dienone is 2. The Morgan fingerprint density at radius 2 is 1.44 bits per heavy atom. The molecule has 12 heteroatoms. The highest BCUT2D eigenvalue weighted by molar-refractivity contribution is 7.86. The fraction of sp³-hybridized carbons (Fsp3) is 0.407. The zero-order chi connectivity index (χ0) is 28.6. The van der Waals surface area contributed by atoms with Crippen molar-refractivity contribution >= 4 is 79.3 Å². The SMILES string of the molecule is CCN1C(=CC=CC2N(CCC(C)S(=O)(=O)[O-])c3cc(Cl)c(Cl)cc3[NH+]2CC)N(CC)c2cc(Cl)c(Cl)cc21. The maximum Gasteiger partial charge on any atom is 0.187 e. The van der Waals surface area contributed by atoms with E-state index in [0.29, 0.717) is 26.6 Å². The van der Waals surface area contributed by atoms with Gasteiger partial charge in [0.15, 0.2) is 11.9 Å². The molecule has 39 heavy (non-hydrogen) atoms. The first-order valence-corrected chi connectivity index (χ1v) is 15.9. The predicted molar refractivity (Wildman–Crippen MR) is 162 cm³/mol. The lowest BCUT2D eigenvalue weighted by Gasteiger charge is -2.27. The summed E-state index contributed by atoms with van der Waals surface area (Å²) in [4.78, 5) is 7.63. The Labute approximate surface area is 250 Å². The summed E-state index contributed by atoms with van der Waals surface area (Å²) in [6.45, 7) is 10.3. The topological polar surface area (TPSA) is 71.4 Å². The van der Waals surface area contributed by atoms with E-state index in [1.54, 1.807) is 0 Å². The first kappa shape index (κ1) is 30.3. The second-order valence-electron chi connectivity index (χ2n) is 9.55. The summed E-state index contributed by atoms with van der Waals surface area (Å²) < 4.78 is 34.8. The molecule has 2 heterocycles. The summed E-state index contributed by atoms with van der Waals surface area (Å²) in [5.74, 6) is 1.00. The van der Waals surface area contributed by atoms with Crippen molar-refractivity contribution < 1.29 is 17.9 Å². The molecule has 7 nitrogen and oxygen atoms in total. The van der Waals surface area contributed by atoms with E-state index in [1.807, 2.05) is 30.3 Å². The van der Waals surface area contributed by atoms with Crippen molar-refractivity contribution in [1.29, 1.82) is 0 Å². The van der Waals surface area contributed by atoms with Gasteiger partial charge in [0.05, 0.1) is 48.1 Å². The fourth-order valence-corrected chi connectivity index (χ4v) is 6.35. The Hall–Kier alpha value is -1.65.